The first-order chi connectivity index (χ1) is 37.9. The van der Waals surface area contributed by atoms with Gasteiger partial charge in [0.2, 0.25) is 5.91 Å². The van der Waals surface area contributed by atoms with Gasteiger partial charge in [0.05, 0.1) is 67.6 Å². The highest BCUT2D eigenvalue weighted by Gasteiger charge is 2.34. The number of fused-ring (bicyclic) bond motifs is 2. The number of carbonyl (C=O) groups is 9. The molecular formula is C59H69N7O13. The molecule has 3 aliphatic heterocycles. The summed E-state index contributed by atoms with van der Waals surface area (Å²) in [5, 5.41) is 5.74. The first-order valence-corrected chi connectivity index (χ1v) is 26.7. The van der Waals surface area contributed by atoms with Crippen molar-refractivity contribution in [2.75, 3.05) is 64.6 Å². The van der Waals surface area contributed by atoms with E-state index in [0.29, 0.717) is 72.9 Å². The molecule has 1 fully saturated rings. The Morgan fingerprint density at radius 2 is 1.49 bits per heavy atom. The molecule has 0 aliphatic carbocycles. The van der Waals surface area contributed by atoms with Crippen LogP contribution in [-0.2, 0) is 63.5 Å². The molecule has 4 aromatic rings. The van der Waals surface area contributed by atoms with Gasteiger partial charge in [-0.25, -0.2) is 0 Å². The largest absolute Gasteiger partial charge is 0.493 e. The number of ether oxygens (including phenoxy) is 4. The van der Waals surface area contributed by atoms with E-state index in [2.05, 4.69) is 22.2 Å². The van der Waals surface area contributed by atoms with E-state index in [1.165, 1.54) is 12.2 Å². The number of rotatable bonds is 31. The van der Waals surface area contributed by atoms with Crippen LogP contribution in [0.3, 0.4) is 0 Å². The van der Waals surface area contributed by atoms with Crippen LogP contribution in [0.5, 0.6) is 5.75 Å². The number of hydrogen-bond donors (Lipinski definition) is 2. The number of anilines is 1. The van der Waals surface area contributed by atoms with Crippen LogP contribution in [0.25, 0.3) is 11.1 Å². The zero-order valence-corrected chi connectivity index (χ0v) is 45.3. The first-order valence-electron chi connectivity index (χ1n) is 26.7. The molecule has 79 heavy (non-hydrogen) atoms. The minimum Gasteiger partial charge on any atom is -0.493 e. The first kappa shape index (κ1) is 58.6. The number of carbonyl (C=O) groups excluding carboxylic acids is 9. The van der Waals surface area contributed by atoms with Crippen molar-refractivity contribution in [2.24, 2.45) is 25.0 Å². The molecule has 5 heterocycles. The number of hydrogen-bond acceptors (Lipinski definition) is 14. The van der Waals surface area contributed by atoms with Crippen molar-refractivity contribution in [3.05, 3.63) is 113 Å². The van der Waals surface area contributed by atoms with Crippen molar-refractivity contribution < 1.29 is 62.1 Å². The van der Waals surface area contributed by atoms with Crippen LogP contribution in [0.15, 0.2) is 90.2 Å². The predicted molar refractivity (Wildman–Crippen MR) is 293 cm³/mol. The second-order valence-electron chi connectivity index (χ2n) is 20.1. The number of aliphatic imine (C=N–C) groups is 1. The fourth-order valence-corrected chi connectivity index (χ4v) is 9.30. The Bertz CT molecular complexity index is 3000. The number of imide groups is 1. The SMILES string of the molecule is C=C1C[C@H]2C=Nc3cc(OCCCC(=O)Nc4cc(C(=O)Cc5ccc(-c6cc(C(=O)NCCCOC(=O)[C@H](C)CC(=O)CCOCCOCCCC(=O)CCN7C(=O)C=CC7=O)n(C)c6)cc5)n(C)c4)c(C)cc3C(=O)N2C1. The number of benzene rings is 2. The highest BCUT2D eigenvalue weighted by molar-refractivity contribution is 6.13. The maximum absolute atomic E-state index is 13.4. The van der Waals surface area contributed by atoms with Gasteiger partial charge >= 0.3 is 5.97 Å². The Kier molecular flexibility index (Phi) is 20.7. The highest BCUT2D eigenvalue weighted by Crippen LogP contribution is 2.35. The lowest BCUT2D eigenvalue weighted by atomic mass is 10.0. The lowest BCUT2D eigenvalue weighted by Gasteiger charge is -2.20. The van der Waals surface area contributed by atoms with E-state index in [-0.39, 0.29) is 126 Å². The molecule has 7 rings (SSSR count). The molecule has 0 bridgehead atoms. The third-order valence-corrected chi connectivity index (χ3v) is 13.7. The second-order valence-corrected chi connectivity index (χ2v) is 20.1. The average molecular weight is 1080 g/mol. The fraction of sp³-hybridized carbons (Fsp3) is 0.424. The molecular weight excluding hydrogens is 1010 g/mol. The zero-order chi connectivity index (χ0) is 56.6. The lowest BCUT2D eigenvalue weighted by Crippen LogP contribution is -2.35. The summed E-state index contributed by atoms with van der Waals surface area (Å²) < 4.78 is 25.7. The van der Waals surface area contributed by atoms with Crippen molar-refractivity contribution in [1.29, 1.82) is 0 Å². The molecule has 3 aliphatic rings. The van der Waals surface area contributed by atoms with Gasteiger partial charge in [0, 0.05) is 121 Å². The van der Waals surface area contributed by atoms with Gasteiger partial charge in [-0.2, -0.15) is 0 Å². The Morgan fingerprint density at radius 3 is 2.25 bits per heavy atom. The molecule has 0 radical (unpaired) electrons. The standard InChI is InChI=1S/C59H69N7O13/c1-38-27-45-34-61-49-33-53(39(2)29-48(49)58(74)66(45)35-38)78-22-7-10-54(70)62-44-32-50(64(5)37-44)52(69)30-41-11-13-42(14-12-41)43-31-51(63(4)36-43)57(73)60-19-8-23-79-59(75)40(3)28-47(68)18-24-77-26-25-76-21-6-9-46(67)17-20-65-55(71)15-16-56(65)72/h11-16,29,31-34,36-37,40,45H,1,6-10,17-28,30,35H2,2-5H3,(H,60,73)(H,62,70)/t40-,45+/m1/s1. The van der Waals surface area contributed by atoms with Crippen LogP contribution >= 0.6 is 0 Å². The van der Waals surface area contributed by atoms with Gasteiger partial charge in [0.15, 0.2) is 5.78 Å². The molecule has 0 saturated carbocycles. The van der Waals surface area contributed by atoms with E-state index in [1.54, 1.807) is 71.7 Å². The van der Waals surface area contributed by atoms with Gasteiger partial charge in [-0.3, -0.25) is 53.0 Å². The number of amides is 5. The number of nitrogens with one attached hydrogen (secondary N) is 2. The molecule has 2 aromatic carbocycles. The molecule has 5 amide bonds. The van der Waals surface area contributed by atoms with Crippen LogP contribution in [0.1, 0.15) is 107 Å². The van der Waals surface area contributed by atoms with E-state index < -0.39 is 23.7 Å². The van der Waals surface area contributed by atoms with E-state index in [9.17, 15) is 43.2 Å². The number of esters is 1. The van der Waals surface area contributed by atoms with Gasteiger partial charge in [0.1, 0.15) is 23.0 Å². The number of nitrogens with zero attached hydrogens (tertiary/aromatic N) is 5. The topological polar surface area (TPSA) is 243 Å². The summed E-state index contributed by atoms with van der Waals surface area (Å²) in [5.74, 6) is -2.28. The van der Waals surface area contributed by atoms with E-state index >= 15 is 0 Å². The molecule has 2 atom stereocenters. The van der Waals surface area contributed by atoms with E-state index in [1.807, 2.05) is 37.4 Å². The maximum Gasteiger partial charge on any atom is 0.309 e. The van der Waals surface area contributed by atoms with Crippen molar-refractivity contribution >= 4 is 70.4 Å². The van der Waals surface area contributed by atoms with Crippen molar-refractivity contribution in [1.82, 2.24) is 24.3 Å². The zero-order valence-electron chi connectivity index (χ0n) is 45.3. The third-order valence-electron chi connectivity index (χ3n) is 13.7. The lowest BCUT2D eigenvalue weighted by molar-refractivity contribution is -0.149. The van der Waals surface area contributed by atoms with Gasteiger partial charge < -0.3 is 43.6 Å². The number of Topliss-reactive ketones (excluding diaryl/α,β-unsaturated/α-hetero) is 3. The summed E-state index contributed by atoms with van der Waals surface area (Å²) in [5.41, 5.74) is 6.74. The van der Waals surface area contributed by atoms with Crippen LogP contribution in [0, 0.1) is 12.8 Å². The van der Waals surface area contributed by atoms with Crippen molar-refractivity contribution in [2.45, 2.75) is 84.1 Å². The summed E-state index contributed by atoms with van der Waals surface area (Å²) in [7, 11) is 3.52. The number of aryl methyl sites for hydroxylation is 3. The Morgan fingerprint density at radius 1 is 0.772 bits per heavy atom. The van der Waals surface area contributed by atoms with Crippen molar-refractivity contribution in [3.8, 4) is 16.9 Å². The monoisotopic (exact) mass is 1080 g/mol. The van der Waals surface area contributed by atoms with Crippen LogP contribution in [0.4, 0.5) is 11.4 Å². The number of ketones is 3. The summed E-state index contributed by atoms with van der Waals surface area (Å²) in [4.78, 5) is 120. The molecule has 20 nitrogen and oxygen atoms in total. The number of aromatic nitrogens is 2. The van der Waals surface area contributed by atoms with Crippen LogP contribution in [-0.4, -0.2) is 143 Å². The minimum absolute atomic E-state index is 0.00680. The molecule has 418 valence electrons. The van der Waals surface area contributed by atoms with E-state index in [0.717, 1.165) is 32.7 Å². The van der Waals surface area contributed by atoms with Gasteiger partial charge in [0.25, 0.3) is 23.6 Å². The molecule has 20 heteroatoms. The van der Waals surface area contributed by atoms with Crippen LogP contribution in [0.2, 0.25) is 0 Å². The summed E-state index contributed by atoms with van der Waals surface area (Å²) in [6.45, 7) is 9.79. The Hall–Kier alpha value is -8.10. The van der Waals surface area contributed by atoms with Gasteiger partial charge in [-0.05, 0) is 67.5 Å². The highest BCUT2D eigenvalue weighted by atomic mass is 16.5. The maximum atomic E-state index is 13.4. The molecule has 2 aromatic heterocycles. The summed E-state index contributed by atoms with van der Waals surface area (Å²) in [6, 6.07) is 14.4. The summed E-state index contributed by atoms with van der Waals surface area (Å²) in [6.07, 6.45) is 10.6. The van der Waals surface area contributed by atoms with Gasteiger partial charge in [-0.1, -0.05) is 43.3 Å². The third kappa shape index (κ3) is 16.5. The molecule has 1 saturated heterocycles. The minimum atomic E-state index is -0.642. The normalized spacial score (nSPS) is 15.0. The molecule has 0 spiro atoms. The summed E-state index contributed by atoms with van der Waals surface area (Å²) >= 11 is 0. The van der Waals surface area contributed by atoms with Gasteiger partial charge in [-0.15, -0.1) is 0 Å². The molecule has 2 N–H and O–H groups in total. The average Bonchev–Trinajstić information content (AvgIpc) is 4.23. The Balaban J connectivity index is 0.730. The quantitative estimate of drug-likeness (QED) is 0.0183. The second kappa shape index (κ2) is 28.0. The van der Waals surface area contributed by atoms with Crippen molar-refractivity contribution in [3.63, 3.8) is 0 Å². The molecule has 0 unspecified atom stereocenters. The predicted octanol–water partition coefficient (Wildman–Crippen LogP) is 6.39. The van der Waals surface area contributed by atoms with E-state index in [4.69, 9.17) is 18.9 Å². The van der Waals surface area contributed by atoms with Crippen LogP contribution < -0.4 is 15.4 Å². The Labute approximate surface area is 459 Å². The fourth-order valence-electron chi connectivity index (χ4n) is 9.30. The smallest absolute Gasteiger partial charge is 0.309 e.